The summed E-state index contributed by atoms with van der Waals surface area (Å²) in [5, 5.41) is 14.4. The lowest BCUT2D eigenvalue weighted by molar-refractivity contribution is -0.141. The summed E-state index contributed by atoms with van der Waals surface area (Å²) in [7, 11) is 0. The lowest BCUT2D eigenvalue weighted by Gasteiger charge is -2.15. The van der Waals surface area contributed by atoms with Crippen LogP contribution in [0, 0.1) is 18.3 Å². The monoisotopic (exact) mass is 356 g/mol. The number of aromatic nitrogens is 2. The molecule has 0 aliphatic rings. The number of hydrogen-bond donors (Lipinski definition) is 1. The van der Waals surface area contributed by atoms with Crippen molar-refractivity contribution in [3.05, 3.63) is 46.2 Å². The third kappa shape index (κ3) is 3.36. The van der Waals surface area contributed by atoms with E-state index < -0.39 is 28.8 Å². The van der Waals surface area contributed by atoms with Gasteiger partial charge in [0.15, 0.2) is 5.69 Å². The van der Waals surface area contributed by atoms with Crippen molar-refractivity contribution in [2.45, 2.75) is 26.1 Å². The summed E-state index contributed by atoms with van der Waals surface area (Å²) in [6.45, 7) is 2.73. The van der Waals surface area contributed by atoms with E-state index in [1.165, 1.54) is 26.0 Å². The molecule has 0 spiro atoms. The topological polar surface area (TPSA) is 70.7 Å². The van der Waals surface area contributed by atoms with E-state index in [2.05, 4.69) is 10.4 Å². The fraction of sp³-hybridized carbons (Fsp3) is 0.267. The fourth-order valence-corrected chi connectivity index (χ4v) is 2.33. The van der Waals surface area contributed by atoms with Crippen molar-refractivity contribution in [3.8, 4) is 6.07 Å². The standard InChI is InChI=1S/C15H12ClF3N4O/c1-8-12(16)13(15(17,18)19)22-23(8)9(2)14(24)21-11-6-4-3-5-10(11)7-20/h3-6,9H,1-2H3,(H,21,24). The van der Waals surface area contributed by atoms with Crippen LogP contribution in [0.3, 0.4) is 0 Å². The lowest BCUT2D eigenvalue weighted by Crippen LogP contribution is -2.26. The minimum absolute atomic E-state index is 0.0280. The highest BCUT2D eigenvalue weighted by atomic mass is 35.5. The van der Waals surface area contributed by atoms with Gasteiger partial charge in [0, 0.05) is 0 Å². The van der Waals surface area contributed by atoms with Crippen molar-refractivity contribution in [2.75, 3.05) is 5.32 Å². The molecule has 24 heavy (non-hydrogen) atoms. The number of alkyl halides is 3. The molecule has 0 saturated carbocycles. The Bertz CT molecular complexity index is 823. The molecular weight excluding hydrogens is 345 g/mol. The molecule has 126 valence electrons. The fourth-order valence-electron chi connectivity index (χ4n) is 2.09. The molecule has 0 radical (unpaired) electrons. The van der Waals surface area contributed by atoms with E-state index in [1.54, 1.807) is 12.1 Å². The number of nitriles is 1. The maximum absolute atomic E-state index is 12.9. The van der Waals surface area contributed by atoms with Crippen molar-refractivity contribution >= 4 is 23.2 Å². The minimum Gasteiger partial charge on any atom is -0.323 e. The molecule has 1 N–H and O–H groups in total. The first-order valence-corrected chi connectivity index (χ1v) is 7.16. The third-order valence-electron chi connectivity index (χ3n) is 3.40. The zero-order valence-electron chi connectivity index (χ0n) is 12.6. The molecule has 0 saturated heterocycles. The molecule has 1 heterocycles. The Morgan fingerprint density at radius 2 is 2.04 bits per heavy atom. The normalized spacial score (nSPS) is 12.5. The second kappa shape index (κ2) is 6.53. The van der Waals surface area contributed by atoms with E-state index in [4.69, 9.17) is 16.9 Å². The summed E-state index contributed by atoms with van der Waals surface area (Å²) < 4.78 is 39.5. The summed E-state index contributed by atoms with van der Waals surface area (Å²) in [6.07, 6.45) is -4.71. The summed E-state index contributed by atoms with van der Waals surface area (Å²) in [4.78, 5) is 12.3. The van der Waals surface area contributed by atoms with Crippen molar-refractivity contribution in [1.29, 1.82) is 5.26 Å². The maximum atomic E-state index is 12.9. The largest absolute Gasteiger partial charge is 0.436 e. The van der Waals surface area contributed by atoms with E-state index in [0.29, 0.717) is 0 Å². The molecule has 1 aromatic carbocycles. The van der Waals surface area contributed by atoms with Crippen LogP contribution in [-0.4, -0.2) is 15.7 Å². The quantitative estimate of drug-likeness (QED) is 0.905. The Morgan fingerprint density at radius 1 is 1.42 bits per heavy atom. The van der Waals surface area contributed by atoms with Gasteiger partial charge in [-0.1, -0.05) is 23.7 Å². The Labute approximate surface area is 140 Å². The number of anilines is 1. The number of carbonyl (C=O) groups excluding carboxylic acids is 1. The van der Waals surface area contributed by atoms with Gasteiger partial charge < -0.3 is 5.32 Å². The van der Waals surface area contributed by atoms with E-state index in [9.17, 15) is 18.0 Å². The smallest absolute Gasteiger partial charge is 0.323 e. The third-order valence-corrected chi connectivity index (χ3v) is 3.85. The number of carbonyl (C=O) groups is 1. The SMILES string of the molecule is Cc1c(Cl)c(C(F)(F)F)nn1C(C)C(=O)Nc1ccccc1C#N. The molecule has 1 aromatic heterocycles. The van der Waals surface area contributed by atoms with Crippen LogP contribution in [0.4, 0.5) is 18.9 Å². The second-order valence-corrected chi connectivity index (χ2v) is 5.39. The van der Waals surface area contributed by atoms with Gasteiger partial charge in [-0.3, -0.25) is 9.48 Å². The Kier molecular flexibility index (Phi) is 4.85. The van der Waals surface area contributed by atoms with Crippen molar-refractivity contribution < 1.29 is 18.0 Å². The molecule has 5 nitrogen and oxygen atoms in total. The summed E-state index contributed by atoms with van der Waals surface area (Å²) >= 11 is 5.68. The van der Waals surface area contributed by atoms with Crippen LogP contribution in [0.15, 0.2) is 24.3 Å². The molecule has 0 aliphatic heterocycles. The van der Waals surface area contributed by atoms with Gasteiger partial charge in [0.05, 0.1) is 22.0 Å². The number of halogens is 4. The van der Waals surface area contributed by atoms with Gasteiger partial charge in [0.1, 0.15) is 12.1 Å². The molecule has 0 aliphatic carbocycles. The summed E-state index contributed by atoms with van der Waals surface area (Å²) in [5.74, 6) is -0.617. The number of hydrogen-bond acceptors (Lipinski definition) is 3. The molecule has 0 fully saturated rings. The zero-order valence-corrected chi connectivity index (χ0v) is 13.4. The molecule has 2 aromatic rings. The summed E-state index contributed by atoms with van der Waals surface area (Å²) in [6, 6.07) is 7.15. The van der Waals surface area contributed by atoms with Gasteiger partial charge in [0.25, 0.3) is 0 Å². The van der Waals surface area contributed by atoms with Crippen LogP contribution in [0.5, 0.6) is 0 Å². The highest BCUT2D eigenvalue weighted by Crippen LogP contribution is 2.36. The predicted octanol–water partition coefficient (Wildman–Crippen LogP) is 3.94. The van der Waals surface area contributed by atoms with E-state index in [1.807, 2.05) is 6.07 Å². The highest BCUT2D eigenvalue weighted by molar-refractivity contribution is 6.32. The first-order valence-electron chi connectivity index (χ1n) is 6.78. The van der Waals surface area contributed by atoms with E-state index in [0.717, 1.165) is 4.68 Å². The zero-order chi connectivity index (χ0) is 18.1. The number of benzene rings is 1. The highest BCUT2D eigenvalue weighted by Gasteiger charge is 2.39. The molecule has 0 bridgehead atoms. The van der Waals surface area contributed by atoms with Crippen LogP contribution in [0.2, 0.25) is 5.02 Å². The number of nitrogens with zero attached hydrogens (tertiary/aromatic N) is 3. The lowest BCUT2D eigenvalue weighted by atomic mass is 10.2. The van der Waals surface area contributed by atoms with Gasteiger partial charge in [-0.05, 0) is 26.0 Å². The Balaban J connectivity index is 2.31. The number of amides is 1. The second-order valence-electron chi connectivity index (χ2n) is 5.01. The van der Waals surface area contributed by atoms with Gasteiger partial charge in [-0.2, -0.15) is 23.5 Å². The van der Waals surface area contributed by atoms with Gasteiger partial charge >= 0.3 is 6.18 Å². The Morgan fingerprint density at radius 3 is 2.58 bits per heavy atom. The molecule has 1 unspecified atom stereocenters. The van der Waals surface area contributed by atoms with Crippen molar-refractivity contribution in [1.82, 2.24) is 9.78 Å². The van der Waals surface area contributed by atoms with Crippen LogP contribution in [0.1, 0.15) is 29.9 Å². The average Bonchev–Trinajstić information content (AvgIpc) is 2.83. The van der Waals surface area contributed by atoms with Crippen LogP contribution < -0.4 is 5.32 Å². The number of nitrogens with one attached hydrogen (secondary N) is 1. The van der Waals surface area contributed by atoms with Crippen LogP contribution in [0.25, 0.3) is 0 Å². The molecule has 9 heteroatoms. The van der Waals surface area contributed by atoms with Gasteiger partial charge in [-0.15, -0.1) is 0 Å². The average molecular weight is 357 g/mol. The first-order chi connectivity index (χ1) is 11.2. The van der Waals surface area contributed by atoms with E-state index in [-0.39, 0.29) is 16.9 Å². The van der Waals surface area contributed by atoms with Gasteiger partial charge in [-0.25, -0.2) is 0 Å². The number of para-hydroxylation sites is 1. The maximum Gasteiger partial charge on any atom is 0.436 e. The van der Waals surface area contributed by atoms with Gasteiger partial charge in [0.2, 0.25) is 5.91 Å². The molecule has 1 amide bonds. The van der Waals surface area contributed by atoms with Crippen LogP contribution >= 0.6 is 11.6 Å². The number of rotatable bonds is 3. The minimum atomic E-state index is -4.71. The molecule has 1 atom stereocenters. The summed E-state index contributed by atoms with van der Waals surface area (Å²) in [5.41, 5.74) is -0.702. The van der Waals surface area contributed by atoms with Crippen molar-refractivity contribution in [3.63, 3.8) is 0 Å². The first kappa shape index (κ1) is 17.8. The predicted molar refractivity (Wildman–Crippen MR) is 81.5 cm³/mol. The van der Waals surface area contributed by atoms with Crippen LogP contribution in [-0.2, 0) is 11.0 Å². The Hall–Kier alpha value is -2.53. The van der Waals surface area contributed by atoms with Crippen molar-refractivity contribution in [2.24, 2.45) is 0 Å². The van der Waals surface area contributed by atoms with E-state index >= 15 is 0 Å². The molecule has 2 rings (SSSR count). The molecular formula is C15H12ClF3N4O.